The maximum Gasteiger partial charge on any atom is 0.405 e. The lowest BCUT2D eigenvalue weighted by molar-refractivity contribution is -0.120. The van der Waals surface area contributed by atoms with E-state index < -0.39 is 41.9 Å². The molecule has 0 saturated carbocycles. The number of nitrogens with one attached hydrogen (secondary N) is 2. The highest BCUT2D eigenvalue weighted by atomic mass is 16.6. The molecule has 2 rings (SSSR count). The van der Waals surface area contributed by atoms with Crippen LogP contribution in [0.2, 0.25) is 0 Å². The third-order valence-electron chi connectivity index (χ3n) is 6.92. The monoisotopic (exact) mass is 555 g/mol. The molecule has 0 saturated heterocycles. The molecule has 5 atom stereocenters. The molecule has 0 unspecified atom stereocenters. The molecule has 1 heterocycles. The number of primary amides is 1. The lowest BCUT2D eigenvalue weighted by Crippen LogP contribution is -2.36. The second kappa shape index (κ2) is 15.1. The molecule has 10 heteroatoms. The lowest BCUT2D eigenvalue weighted by atomic mass is 9.86. The number of aliphatic hydroxyl groups is 1. The van der Waals surface area contributed by atoms with Gasteiger partial charge in [0.25, 0.3) is 5.91 Å². The minimum absolute atomic E-state index is 0.0639. The zero-order chi connectivity index (χ0) is 30.0. The van der Waals surface area contributed by atoms with Gasteiger partial charge in [0, 0.05) is 36.8 Å². The van der Waals surface area contributed by atoms with Gasteiger partial charge in [0.15, 0.2) is 6.10 Å². The molecule has 0 aromatic rings. The van der Waals surface area contributed by atoms with Crippen LogP contribution in [0.25, 0.3) is 0 Å². The molecule has 0 fully saturated rings. The first-order valence-corrected chi connectivity index (χ1v) is 13.3. The van der Waals surface area contributed by atoms with Crippen LogP contribution in [0, 0.1) is 11.8 Å². The van der Waals surface area contributed by atoms with E-state index in [9.17, 15) is 24.3 Å². The van der Waals surface area contributed by atoms with Gasteiger partial charge >= 0.3 is 6.09 Å². The van der Waals surface area contributed by atoms with Crippen molar-refractivity contribution in [1.82, 2.24) is 10.6 Å². The molecule has 0 aromatic heterocycles. The number of carbonyl (C=O) groups is 4. The maximum atomic E-state index is 13.4. The molecule has 10 nitrogen and oxygen atoms in total. The average molecular weight is 556 g/mol. The lowest BCUT2D eigenvalue weighted by Gasteiger charge is -2.26. The number of fused-ring (bicyclic) bond motifs is 2. The summed E-state index contributed by atoms with van der Waals surface area (Å²) in [5.41, 5.74) is 6.58. The Labute approximate surface area is 235 Å². The Morgan fingerprint density at radius 2 is 1.95 bits per heavy atom. The summed E-state index contributed by atoms with van der Waals surface area (Å²) in [5, 5.41) is 16.4. The van der Waals surface area contributed by atoms with Gasteiger partial charge in [-0.1, -0.05) is 44.2 Å². The van der Waals surface area contributed by atoms with Crippen LogP contribution in [0.15, 0.2) is 71.1 Å². The highest BCUT2D eigenvalue weighted by molar-refractivity contribution is 6.23. The van der Waals surface area contributed by atoms with Crippen molar-refractivity contribution in [3.05, 3.63) is 71.1 Å². The molecule has 2 bridgehead atoms. The van der Waals surface area contributed by atoms with Gasteiger partial charge in [-0.25, -0.2) is 4.79 Å². The fourth-order valence-electron chi connectivity index (χ4n) is 4.59. The van der Waals surface area contributed by atoms with Crippen LogP contribution < -0.4 is 16.4 Å². The van der Waals surface area contributed by atoms with Crippen LogP contribution >= 0.6 is 0 Å². The molecule has 0 aromatic carbocycles. The number of hydrogen-bond acceptors (Lipinski definition) is 8. The Kier molecular flexibility index (Phi) is 12.3. The summed E-state index contributed by atoms with van der Waals surface area (Å²) in [6.45, 7) is 11.1. The van der Waals surface area contributed by atoms with E-state index in [1.54, 1.807) is 32.1 Å². The quantitative estimate of drug-likeness (QED) is 0.298. The van der Waals surface area contributed by atoms with Gasteiger partial charge in [0.1, 0.15) is 6.10 Å². The molecule has 2 amide bonds. The zero-order valence-corrected chi connectivity index (χ0v) is 23.9. The van der Waals surface area contributed by atoms with Crippen molar-refractivity contribution in [2.75, 3.05) is 13.7 Å². The van der Waals surface area contributed by atoms with Gasteiger partial charge in [-0.3, -0.25) is 14.4 Å². The van der Waals surface area contributed by atoms with Gasteiger partial charge in [0.05, 0.1) is 17.5 Å². The van der Waals surface area contributed by atoms with E-state index in [1.807, 2.05) is 19.9 Å². The SMILES string of the molecule is C=CCNC1=C2C[C@@H](C)CC[C@H](O)[C@@H](C)/C=C(\C)[C@H](OC(N)=O)[C@@H](OC)/C=C\C=C(/C)C(=O)NC(=CC1=O)C2=O. The number of ketones is 2. The predicted molar refractivity (Wildman–Crippen MR) is 152 cm³/mol. The molecular formula is C30H41N3O7. The van der Waals surface area contributed by atoms with Crippen LogP contribution in [0.4, 0.5) is 4.79 Å². The minimum Gasteiger partial charge on any atom is -0.439 e. The molecular weight excluding hydrogens is 514 g/mol. The number of amides is 2. The second-order valence-corrected chi connectivity index (χ2v) is 10.2. The molecule has 1 aliphatic heterocycles. The Morgan fingerprint density at radius 1 is 1.25 bits per heavy atom. The van der Waals surface area contributed by atoms with E-state index in [1.165, 1.54) is 13.2 Å². The number of hydrogen-bond donors (Lipinski definition) is 4. The summed E-state index contributed by atoms with van der Waals surface area (Å²) in [4.78, 5) is 50.9. The maximum absolute atomic E-state index is 13.4. The van der Waals surface area contributed by atoms with Gasteiger partial charge < -0.3 is 30.9 Å². The van der Waals surface area contributed by atoms with E-state index in [0.29, 0.717) is 25.0 Å². The largest absolute Gasteiger partial charge is 0.439 e. The van der Waals surface area contributed by atoms with E-state index in [0.717, 1.165) is 6.08 Å². The van der Waals surface area contributed by atoms with Crippen LogP contribution in [-0.2, 0) is 23.9 Å². The average Bonchev–Trinajstić information content (AvgIpc) is 2.90. The number of allylic oxidation sites excluding steroid dienone is 4. The van der Waals surface area contributed by atoms with Crippen LogP contribution in [0.3, 0.4) is 0 Å². The number of rotatable bonds is 5. The van der Waals surface area contributed by atoms with Gasteiger partial charge in [-0.15, -0.1) is 6.58 Å². The molecule has 5 N–H and O–H groups in total. The third-order valence-corrected chi connectivity index (χ3v) is 6.92. The number of Topliss-reactive ketones (excluding diaryl/α,β-unsaturated/α-hetero) is 1. The number of methoxy groups -OCH3 is 1. The number of aliphatic hydroxyl groups excluding tert-OH is 1. The van der Waals surface area contributed by atoms with Crippen molar-refractivity contribution < 1.29 is 33.8 Å². The standard InChI is InChI=1S/C30H41N3O7/c1-7-13-32-26-21-14-17(2)11-12-23(34)19(4)15-20(5)28(40-30(31)38)25(39-6)10-8-9-18(3)29(37)33-22(27(21)36)16-24(26)35/h7-10,15-17,19,23,25,28,32,34H,1,11-14H2,2-6H3,(H2,31,38)(H,33,37)/b10-8-,18-9+,20-15+/t17-,19-,23-,25-,28-/m0/s1. The van der Waals surface area contributed by atoms with Crippen molar-refractivity contribution >= 4 is 23.6 Å². The Hall–Kier alpha value is -3.76. The Morgan fingerprint density at radius 3 is 2.58 bits per heavy atom. The number of ether oxygens (including phenoxy) is 2. The highest BCUT2D eigenvalue weighted by Crippen LogP contribution is 2.27. The van der Waals surface area contributed by atoms with E-state index >= 15 is 0 Å². The highest BCUT2D eigenvalue weighted by Gasteiger charge is 2.31. The fraction of sp³-hybridized carbons (Fsp3) is 0.467. The molecule has 0 radical (unpaired) electrons. The first-order valence-electron chi connectivity index (χ1n) is 13.3. The van der Waals surface area contributed by atoms with E-state index in [-0.39, 0.29) is 40.8 Å². The van der Waals surface area contributed by atoms with Crippen molar-refractivity contribution in [1.29, 1.82) is 0 Å². The normalized spacial score (nSPS) is 30.7. The Balaban J connectivity index is 2.53. The number of nitrogens with two attached hydrogens (primary N) is 1. The fourth-order valence-corrected chi connectivity index (χ4v) is 4.59. The van der Waals surface area contributed by atoms with E-state index in [2.05, 4.69) is 17.2 Å². The Bertz CT molecular complexity index is 1160. The van der Waals surface area contributed by atoms with Gasteiger partial charge in [-0.2, -0.15) is 0 Å². The first-order chi connectivity index (χ1) is 18.9. The molecule has 0 spiro atoms. The molecule has 218 valence electrons. The summed E-state index contributed by atoms with van der Waals surface area (Å²) in [6, 6.07) is 0. The van der Waals surface area contributed by atoms with Crippen molar-refractivity contribution in [2.45, 2.75) is 65.3 Å². The first kappa shape index (κ1) is 32.5. The third kappa shape index (κ3) is 8.89. The van der Waals surface area contributed by atoms with Crippen LogP contribution in [0.5, 0.6) is 0 Å². The second-order valence-electron chi connectivity index (χ2n) is 10.2. The topological polar surface area (TPSA) is 157 Å². The van der Waals surface area contributed by atoms with Gasteiger partial charge in [-0.05, 0) is 44.6 Å². The summed E-state index contributed by atoms with van der Waals surface area (Å²) in [5.74, 6) is -1.77. The van der Waals surface area contributed by atoms with Crippen molar-refractivity contribution in [3.63, 3.8) is 0 Å². The molecule has 2 aliphatic rings. The molecule has 1 aliphatic carbocycles. The predicted octanol–water partition coefficient (Wildman–Crippen LogP) is 2.91. The van der Waals surface area contributed by atoms with Crippen molar-refractivity contribution in [3.8, 4) is 0 Å². The summed E-state index contributed by atoms with van der Waals surface area (Å²) >= 11 is 0. The van der Waals surface area contributed by atoms with Crippen LogP contribution in [0.1, 0.15) is 47.0 Å². The number of carbonyl (C=O) groups excluding carboxylic acids is 4. The minimum atomic E-state index is -0.977. The zero-order valence-electron chi connectivity index (χ0n) is 23.9. The smallest absolute Gasteiger partial charge is 0.405 e. The van der Waals surface area contributed by atoms with E-state index in [4.69, 9.17) is 15.2 Å². The summed E-state index contributed by atoms with van der Waals surface area (Å²) < 4.78 is 10.9. The summed E-state index contributed by atoms with van der Waals surface area (Å²) in [7, 11) is 1.44. The van der Waals surface area contributed by atoms with Crippen molar-refractivity contribution in [2.24, 2.45) is 17.6 Å². The van der Waals surface area contributed by atoms with Crippen LogP contribution in [-0.4, -0.2) is 60.6 Å². The molecule has 40 heavy (non-hydrogen) atoms. The summed E-state index contributed by atoms with van der Waals surface area (Å²) in [6.07, 6.45) is 7.16. The van der Waals surface area contributed by atoms with Gasteiger partial charge in [0.2, 0.25) is 11.6 Å².